The van der Waals surface area contributed by atoms with E-state index in [1.807, 2.05) is 12.1 Å². The van der Waals surface area contributed by atoms with Gasteiger partial charge in [0.25, 0.3) is 0 Å². The molecule has 0 aromatic heterocycles. The third-order valence-corrected chi connectivity index (χ3v) is 4.26. The SMILES string of the molecule is CC1CCCCC1N(C)c1ccc(Cl)cc1C#N. The standard InChI is InChI=1S/C15H19ClN2/c1-11-5-3-4-6-14(11)18(2)15-8-7-13(16)9-12(15)10-17/h7-9,11,14H,3-6H2,1-2H3. The highest BCUT2D eigenvalue weighted by molar-refractivity contribution is 6.30. The van der Waals surface area contributed by atoms with Gasteiger partial charge in [-0.25, -0.2) is 0 Å². The van der Waals surface area contributed by atoms with E-state index in [9.17, 15) is 5.26 Å². The molecule has 2 nitrogen and oxygen atoms in total. The van der Waals surface area contributed by atoms with Crippen LogP contribution in [0.25, 0.3) is 0 Å². The quantitative estimate of drug-likeness (QED) is 0.798. The van der Waals surface area contributed by atoms with E-state index in [1.54, 1.807) is 6.07 Å². The Morgan fingerprint density at radius 3 is 2.72 bits per heavy atom. The van der Waals surface area contributed by atoms with Crippen molar-refractivity contribution in [3.8, 4) is 6.07 Å². The van der Waals surface area contributed by atoms with Crippen molar-refractivity contribution in [3.05, 3.63) is 28.8 Å². The zero-order chi connectivity index (χ0) is 13.1. The second-order valence-corrected chi connectivity index (χ2v) is 5.65. The third kappa shape index (κ3) is 2.62. The van der Waals surface area contributed by atoms with E-state index in [0.717, 1.165) is 5.69 Å². The van der Waals surface area contributed by atoms with Crippen LogP contribution >= 0.6 is 11.6 Å². The Bertz CT molecular complexity index is 464. The van der Waals surface area contributed by atoms with Crippen molar-refractivity contribution < 1.29 is 0 Å². The smallest absolute Gasteiger partial charge is 0.101 e. The number of benzene rings is 1. The average Bonchev–Trinajstić information content (AvgIpc) is 2.38. The van der Waals surface area contributed by atoms with Crippen LogP contribution in [0, 0.1) is 17.2 Å². The number of hydrogen-bond acceptors (Lipinski definition) is 2. The highest BCUT2D eigenvalue weighted by Crippen LogP contribution is 2.32. The van der Waals surface area contributed by atoms with Crippen LogP contribution in [-0.2, 0) is 0 Å². The molecular formula is C15H19ClN2. The fourth-order valence-corrected chi connectivity index (χ4v) is 3.13. The second-order valence-electron chi connectivity index (χ2n) is 5.21. The minimum Gasteiger partial charge on any atom is -0.370 e. The van der Waals surface area contributed by atoms with Crippen LogP contribution in [-0.4, -0.2) is 13.1 Å². The summed E-state index contributed by atoms with van der Waals surface area (Å²) in [7, 11) is 2.09. The largest absolute Gasteiger partial charge is 0.370 e. The van der Waals surface area contributed by atoms with Crippen molar-refractivity contribution in [1.29, 1.82) is 5.26 Å². The Hall–Kier alpha value is -1.20. The Morgan fingerprint density at radius 2 is 2.06 bits per heavy atom. The molecule has 2 rings (SSSR count). The van der Waals surface area contributed by atoms with Gasteiger partial charge < -0.3 is 4.90 Å². The fourth-order valence-electron chi connectivity index (χ4n) is 2.96. The number of nitrogens with zero attached hydrogens (tertiary/aromatic N) is 2. The van der Waals surface area contributed by atoms with Crippen molar-refractivity contribution in [2.75, 3.05) is 11.9 Å². The molecule has 2 unspecified atom stereocenters. The van der Waals surface area contributed by atoms with Gasteiger partial charge in [-0.15, -0.1) is 0 Å². The van der Waals surface area contributed by atoms with E-state index < -0.39 is 0 Å². The van der Waals surface area contributed by atoms with Gasteiger partial charge in [-0.2, -0.15) is 5.26 Å². The van der Waals surface area contributed by atoms with Gasteiger partial charge >= 0.3 is 0 Å². The van der Waals surface area contributed by atoms with Crippen molar-refractivity contribution in [2.45, 2.75) is 38.6 Å². The summed E-state index contributed by atoms with van der Waals surface area (Å²) in [4.78, 5) is 2.26. The molecule has 0 spiro atoms. The highest BCUT2D eigenvalue weighted by Gasteiger charge is 2.26. The molecule has 0 amide bonds. The summed E-state index contributed by atoms with van der Waals surface area (Å²) < 4.78 is 0. The van der Waals surface area contributed by atoms with Gasteiger partial charge in [-0.05, 0) is 37.0 Å². The third-order valence-electron chi connectivity index (χ3n) is 4.02. The first-order valence-corrected chi connectivity index (χ1v) is 6.93. The molecule has 18 heavy (non-hydrogen) atoms. The van der Waals surface area contributed by atoms with Crippen LogP contribution in [0.5, 0.6) is 0 Å². The molecule has 0 radical (unpaired) electrons. The lowest BCUT2D eigenvalue weighted by Gasteiger charge is -2.38. The van der Waals surface area contributed by atoms with Gasteiger partial charge in [0.1, 0.15) is 6.07 Å². The Kier molecular flexibility index (Phi) is 4.14. The zero-order valence-corrected chi connectivity index (χ0v) is 11.7. The maximum absolute atomic E-state index is 9.22. The molecule has 1 fully saturated rings. The van der Waals surface area contributed by atoms with Crippen molar-refractivity contribution in [2.24, 2.45) is 5.92 Å². The lowest BCUT2D eigenvalue weighted by atomic mass is 9.84. The molecule has 2 atom stereocenters. The summed E-state index contributed by atoms with van der Waals surface area (Å²) in [6.45, 7) is 2.31. The summed E-state index contributed by atoms with van der Waals surface area (Å²) in [5.41, 5.74) is 1.67. The summed E-state index contributed by atoms with van der Waals surface area (Å²) in [5, 5.41) is 9.85. The molecule has 1 aliphatic carbocycles. The van der Waals surface area contributed by atoms with Gasteiger partial charge in [0, 0.05) is 18.1 Å². The molecule has 96 valence electrons. The molecule has 1 saturated carbocycles. The Morgan fingerprint density at radius 1 is 1.33 bits per heavy atom. The van der Waals surface area contributed by atoms with Crippen LogP contribution < -0.4 is 4.90 Å². The number of anilines is 1. The van der Waals surface area contributed by atoms with Crippen LogP contribution in [0.15, 0.2) is 18.2 Å². The van der Waals surface area contributed by atoms with E-state index in [2.05, 4.69) is 24.9 Å². The lowest BCUT2D eigenvalue weighted by molar-refractivity contribution is 0.321. The first kappa shape index (κ1) is 13.2. The predicted molar refractivity (Wildman–Crippen MR) is 76.0 cm³/mol. The topological polar surface area (TPSA) is 27.0 Å². The van der Waals surface area contributed by atoms with Gasteiger partial charge in [-0.3, -0.25) is 0 Å². The van der Waals surface area contributed by atoms with Gasteiger partial charge in [0.2, 0.25) is 0 Å². The Labute approximate surface area is 114 Å². The summed E-state index contributed by atoms with van der Waals surface area (Å²) in [6.07, 6.45) is 5.11. The molecule has 0 saturated heterocycles. The normalized spacial score (nSPS) is 23.4. The van der Waals surface area contributed by atoms with E-state index in [0.29, 0.717) is 22.5 Å². The molecule has 1 aliphatic rings. The van der Waals surface area contributed by atoms with Crippen molar-refractivity contribution in [3.63, 3.8) is 0 Å². The fraction of sp³-hybridized carbons (Fsp3) is 0.533. The molecule has 3 heteroatoms. The molecule has 0 bridgehead atoms. The maximum atomic E-state index is 9.22. The summed E-state index contributed by atoms with van der Waals surface area (Å²) in [6, 6.07) is 8.35. The lowest BCUT2D eigenvalue weighted by Crippen LogP contribution is -2.39. The van der Waals surface area contributed by atoms with Gasteiger partial charge in [-0.1, -0.05) is 31.4 Å². The van der Waals surface area contributed by atoms with Gasteiger partial charge in [0.05, 0.1) is 11.3 Å². The minimum atomic E-state index is 0.534. The van der Waals surface area contributed by atoms with Crippen molar-refractivity contribution in [1.82, 2.24) is 0 Å². The molecule has 0 N–H and O–H groups in total. The van der Waals surface area contributed by atoms with Gasteiger partial charge in [0.15, 0.2) is 0 Å². The minimum absolute atomic E-state index is 0.534. The summed E-state index contributed by atoms with van der Waals surface area (Å²) in [5.74, 6) is 0.686. The van der Waals surface area contributed by atoms with E-state index in [-0.39, 0.29) is 0 Å². The molecular weight excluding hydrogens is 244 g/mol. The highest BCUT2D eigenvalue weighted by atomic mass is 35.5. The van der Waals surface area contributed by atoms with Crippen LogP contribution in [0.3, 0.4) is 0 Å². The van der Waals surface area contributed by atoms with Crippen LogP contribution in [0.1, 0.15) is 38.2 Å². The maximum Gasteiger partial charge on any atom is 0.101 e. The first-order chi connectivity index (χ1) is 8.63. The number of rotatable bonds is 2. The predicted octanol–water partition coefficient (Wildman–Crippen LogP) is 4.23. The van der Waals surface area contributed by atoms with E-state index in [4.69, 9.17) is 11.6 Å². The van der Waals surface area contributed by atoms with Crippen LogP contribution in [0.4, 0.5) is 5.69 Å². The molecule has 0 heterocycles. The average molecular weight is 263 g/mol. The molecule has 1 aromatic carbocycles. The summed E-state index contributed by atoms with van der Waals surface area (Å²) >= 11 is 5.95. The second kappa shape index (κ2) is 5.63. The van der Waals surface area contributed by atoms with Crippen molar-refractivity contribution >= 4 is 17.3 Å². The monoisotopic (exact) mass is 262 g/mol. The molecule has 1 aromatic rings. The number of nitriles is 1. The van der Waals surface area contributed by atoms with E-state index in [1.165, 1.54) is 25.7 Å². The molecule has 0 aliphatic heterocycles. The van der Waals surface area contributed by atoms with E-state index >= 15 is 0 Å². The first-order valence-electron chi connectivity index (χ1n) is 6.56. The van der Waals surface area contributed by atoms with Crippen LogP contribution in [0.2, 0.25) is 5.02 Å². The number of halogens is 1. The zero-order valence-electron chi connectivity index (χ0n) is 11.0. The Balaban J connectivity index is 2.28. The number of hydrogen-bond donors (Lipinski definition) is 0.